The van der Waals surface area contributed by atoms with Gasteiger partial charge >= 0.3 is 5.97 Å². The molecule has 1 aromatic heterocycles. The summed E-state index contributed by atoms with van der Waals surface area (Å²) in [6.07, 6.45) is 0. The molecule has 100 valence electrons. The van der Waals surface area contributed by atoms with Crippen LogP contribution in [0.2, 0.25) is 0 Å². The molecule has 0 aliphatic heterocycles. The van der Waals surface area contributed by atoms with E-state index in [1.807, 2.05) is 37.3 Å². The number of aromatic nitrogens is 1. The van der Waals surface area contributed by atoms with Crippen LogP contribution in [-0.4, -0.2) is 24.2 Å². The van der Waals surface area contributed by atoms with Gasteiger partial charge in [-0.15, -0.1) is 11.3 Å². The van der Waals surface area contributed by atoms with Crippen LogP contribution in [0.3, 0.4) is 0 Å². The Hall–Kier alpha value is -1.88. The van der Waals surface area contributed by atoms with Gasteiger partial charge in [-0.05, 0) is 13.8 Å². The van der Waals surface area contributed by atoms with Gasteiger partial charge in [0.05, 0.1) is 13.2 Å². The maximum atomic E-state index is 11.9. The molecule has 0 bridgehead atoms. The van der Waals surface area contributed by atoms with Crippen molar-refractivity contribution in [3.8, 4) is 16.5 Å². The van der Waals surface area contributed by atoms with Gasteiger partial charge in [-0.3, -0.25) is 0 Å². The number of hydrogen-bond donors (Lipinski definition) is 0. The number of nitrogens with zero attached hydrogens (tertiary/aromatic N) is 1. The third-order valence-electron chi connectivity index (χ3n) is 2.36. The highest BCUT2D eigenvalue weighted by atomic mass is 32.1. The first kappa shape index (κ1) is 13.5. The van der Waals surface area contributed by atoms with E-state index in [9.17, 15) is 4.79 Å². The molecule has 0 saturated heterocycles. The summed E-state index contributed by atoms with van der Waals surface area (Å²) in [5, 5.41) is 0.757. The molecule has 0 aliphatic rings. The molecule has 2 rings (SSSR count). The van der Waals surface area contributed by atoms with E-state index < -0.39 is 0 Å². The third-order valence-corrected chi connectivity index (χ3v) is 3.42. The quantitative estimate of drug-likeness (QED) is 0.786. The molecular formula is C14H15NO3S. The van der Waals surface area contributed by atoms with E-state index >= 15 is 0 Å². The molecule has 0 N–H and O–H groups in total. The Morgan fingerprint density at radius 3 is 2.58 bits per heavy atom. The van der Waals surface area contributed by atoms with Gasteiger partial charge in [0.15, 0.2) is 4.88 Å². The largest absolute Gasteiger partial charge is 0.477 e. The van der Waals surface area contributed by atoms with Crippen molar-refractivity contribution in [3.05, 3.63) is 35.2 Å². The van der Waals surface area contributed by atoms with Gasteiger partial charge in [-0.2, -0.15) is 0 Å². The Bertz CT molecular complexity index is 551. The van der Waals surface area contributed by atoms with E-state index in [4.69, 9.17) is 9.47 Å². The third kappa shape index (κ3) is 3.12. The van der Waals surface area contributed by atoms with Gasteiger partial charge < -0.3 is 9.47 Å². The summed E-state index contributed by atoms with van der Waals surface area (Å²) in [5.41, 5.74) is 0.962. The fourth-order valence-electron chi connectivity index (χ4n) is 1.57. The van der Waals surface area contributed by atoms with Crippen LogP contribution in [0.25, 0.3) is 10.6 Å². The lowest BCUT2D eigenvalue weighted by molar-refractivity contribution is 0.0527. The predicted octanol–water partition coefficient (Wildman–Crippen LogP) is 3.39. The molecule has 0 amide bonds. The van der Waals surface area contributed by atoms with Crippen molar-refractivity contribution in [1.29, 1.82) is 0 Å². The second-order valence-electron chi connectivity index (χ2n) is 3.67. The minimum atomic E-state index is -0.384. The normalized spacial score (nSPS) is 10.2. The van der Waals surface area contributed by atoms with E-state index in [2.05, 4.69) is 4.98 Å². The maximum Gasteiger partial charge on any atom is 0.354 e. The number of carbonyl (C=O) groups excluding carboxylic acids is 1. The van der Waals surface area contributed by atoms with Crippen molar-refractivity contribution in [2.75, 3.05) is 13.2 Å². The highest BCUT2D eigenvalue weighted by Crippen LogP contribution is 2.32. The Morgan fingerprint density at radius 2 is 1.95 bits per heavy atom. The van der Waals surface area contributed by atoms with Crippen LogP contribution < -0.4 is 4.74 Å². The molecule has 0 saturated carbocycles. The van der Waals surface area contributed by atoms with Crippen LogP contribution in [0.1, 0.15) is 23.5 Å². The minimum absolute atomic E-state index is 0.336. The van der Waals surface area contributed by atoms with Crippen molar-refractivity contribution in [2.24, 2.45) is 0 Å². The first-order valence-corrected chi connectivity index (χ1v) is 6.94. The average molecular weight is 277 g/mol. The highest BCUT2D eigenvalue weighted by molar-refractivity contribution is 7.17. The highest BCUT2D eigenvalue weighted by Gasteiger charge is 2.21. The Labute approximate surface area is 116 Å². The van der Waals surface area contributed by atoms with Crippen molar-refractivity contribution in [2.45, 2.75) is 13.8 Å². The smallest absolute Gasteiger partial charge is 0.354 e. The van der Waals surface area contributed by atoms with Crippen LogP contribution in [0.4, 0.5) is 0 Å². The number of thiazole rings is 1. The summed E-state index contributed by atoms with van der Waals surface area (Å²) in [6.45, 7) is 4.43. The first-order valence-electron chi connectivity index (χ1n) is 6.12. The predicted molar refractivity (Wildman–Crippen MR) is 74.7 cm³/mol. The van der Waals surface area contributed by atoms with E-state index in [0.717, 1.165) is 10.6 Å². The molecule has 0 atom stereocenters. The van der Waals surface area contributed by atoms with Crippen LogP contribution >= 0.6 is 11.3 Å². The molecule has 5 heteroatoms. The van der Waals surface area contributed by atoms with Crippen molar-refractivity contribution in [1.82, 2.24) is 4.98 Å². The Kier molecular flexibility index (Phi) is 4.52. The zero-order valence-corrected chi connectivity index (χ0v) is 11.7. The lowest BCUT2D eigenvalue weighted by Crippen LogP contribution is -2.05. The van der Waals surface area contributed by atoms with E-state index in [1.165, 1.54) is 11.3 Å². The number of hydrogen-bond acceptors (Lipinski definition) is 5. The number of esters is 1. The topological polar surface area (TPSA) is 48.4 Å². The Balaban J connectivity index is 2.37. The van der Waals surface area contributed by atoms with Gasteiger partial charge in [-0.25, -0.2) is 9.78 Å². The molecule has 0 unspecified atom stereocenters. The molecule has 4 nitrogen and oxygen atoms in total. The summed E-state index contributed by atoms with van der Waals surface area (Å²) in [7, 11) is 0. The summed E-state index contributed by atoms with van der Waals surface area (Å²) in [5.74, 6) is -0.0320. The lowest BCUT2D eigenvalue weighted by Gasteiger charge is -2.01. The van der Waals surface area contributed by atoms with E-state index in [-0.39, 0.29) is 5.97 Å². The van der Waals surface area contributed by atoms with Crippen LogP contribution in [-0.2, 0) is 4.74 Å². The Morgan fingerprint density at radius 1 is 1.21 bits per heavy atom. The SMILES string of the molecule is CCOC(=O)c1sc(-c2ccccc2)nc1OCC. The molecule has 0 spiro atoms. The lowest BCUT2D eigenvalue weighted by atomic mass is 10.2. The molecule has 0 fully saturated rings. The second kappa shape index (κ2) is 6.33. The van der Waals surface area contributed by atoms with Crippen molar-refractivity contribution < 1.29 is 14.3 Å². The van der Waals surface area contributed by atoms with Crippen molar-refractivity contribution in [3.63, 3.8) is 0 Å². The molecule has 1 heterocycles. The molecular weight excluding hydrogens is 262 g/mol. The first-order chi connectivity index (χ1) is 9.26. The molecule has 2 aromatic rings. The van der Waals surface area contributed by atoms with Crippen LogP contribution in [0.5, 0.6) is 5.88 Å². The molecule has 0 radical (unpaired) electrons. The van der Waals surface area contributed by atoms with E-state index in [1.54, 1.807) is 6.92 Å². The monoisotopic (exact) mass is 277 g/mol. The van der Waals surface area contributed by atoms with Gasteiger partial charge in [0.1, 0.15) is 5.01 Å². The average Bonchev–Trinajstić information content (AvgIpc) is 2.85. The van der Waals surface area contributed by atoms with Gasteiger partial charge in [0.2, 0.25) is 5.88 Å². The van der Waals surface area contributed by atoms with Crippen molar-refractivity contribution >= 4 is 17.3 Å². The summed E-state index contributed by atoms with van der Waals surface area (Å²) in [4.78, 5) is 16.6. The fourth-order valence-corrected chi connectivity index (χ4v) is 2.48. The van der Waals surface area contributed by atoms with Gasteiger partial charge in [0.25, 0.3) is 0 Å². The molecule has 19 heavy (non-hydrogen) atoms. The second-order valence-corrected chi connectivity index (χ2v) is 4.67. The minimum Gasteiger partial charge on any atom is -0.477 e. The van der Waals surface area contributed by atoms with E-state index in [0.29, 0.717) is 24.0 Å². The zero-order chi connectivity index (χ0) is 13.7. The number of benzene rings is 1. The van der Waals surface area contributed by atoms with Gasteiger partial charge in [-0.1, -0.05) is 30.3 Å². The van der Waals surface area contributed by atoms with Crippen LogP contribution in [0.15, 0.2) is 30.3 Å². The zero-order valence-electron chi connectivity index (χ0n) is 10.9. The standard InChI is InChI=1S/C14H15NO3S/c1-3-17-12-11(14(16)18-4-2)19-13(15-12)10-8-6-5-7-9-10/h5-9H,3-4H2,1-2H3. The fraction of sp³-hybridized carbons (Fsp3) is 0.286. The molecule has 0 aliphatic carbocycles. The summed E-state index contributed by atoms with van der Waals surface area (Å²) >= 11 is 1.29. The van der Waals surface area contributed by atoms with Crippen LogP contribution in [0, 0.1) is 0 Å². The number of rotatable bonds is 5. The number of ether oxygens (including phenoxy) is 2. The van der Waals surface area contributed by atoms with Gasteiger partial charge in [0, 0.05) is 5.56 Å². The summed E-state index contributed by atoms with van der Waals surface area (Å²) in [6, 6.07) is 9.70. The molecule has 1 aromatic carbocycles. The number of carbonyl (C=O) groups is 1. The summed E-state index contributed by atoms with van der Waals surface area (Å²) < 4.78 is 10.4. The maximum absolute atomic E-state index is 11.9.